The molecule has 0 aliphatic carbocycles. The highest BCUT2D eigenvalue weighted by atomic mass is 28.2. The molecule has 0 amide bonds. The van der Waals surface area contributed by atoms with Gasteiger partial charge in [0.2, 0.25) is 0 Å². The Morgan fingerprint density at radius 2 is 2.00 bits per heavy atom. The normalized spacial score (nSPS) is 27.4. The third kappa shape index (κ3) is 1.79. The molecule has 1 N–H and O–H groups in total. The Kier molecular flexibility index (Phi) is 2.71. The van der Waals surface area contributed by atoms with E-state index in [2.05, 4.69) is 41.8 Å². The van der Waals surface area contributed by atoms with Crippen LogP contribution in [0.3, 0.4) is 0 Å². The van der Waals surface area contributed by atoms with Crippen LogP contribution in [-0.2, 0) is 0 Å². The Labute approximate surface area is 81.6 Å². The molecule has 13 heavy (non-hydrogen) atoms. The van der Waals surface area contributed by atoms with Crippen LogP contribution >= 0.6 is 0 Å². The van der Waals surface area contributed by atoms with Gasteiger partial charge in [-0.25, -0.2) is 0 Å². The van der Waals surface area contributed by atoms with Crippen molar-refractivity contribution in [1.82, 2.24) is 5.32 Å². The van der Waals surface area contributed by atoms with Crippen molar-refractivity contribution in [2.75, 3.05) is 13.1 Å². The van der Waals surface area contributed by atoms with Gasteiger partial charge in [0.1, 0.15) is 0 Å². The molecule has 0 saturated carbocycles. The van der Waals surface area contributed by atoms with E-state index in [-0.39, 0.29) is 0 Å². The van der Waals surface area contributed by atoms with Gasteiger partial charge in [-0.3, -0.25) is 0 Å². The maximum Gasteiger partial charge on any atom is 0.0166 e. The van der Waals surface area contributed by atoms with E-state index >= 15 is 0 Å². The molecule has 1 heterocycles. The lowest BCUT2D eigenvalue weighted by atomic mass is 9.98. The maximum absolute atomic E-state index is 4.03. The first-order valence-electron chi connectivity index (χ1n) is 4.70. The van der Waals surface area contributed by atoms with Crippen LogP contribution in [0.25, 0.3) is 0 Å². The van der Waals surface area contributed by atoms with Crippen LogP contribution in [0.2, 0.25) is 5.54 Å². The van der Waals surface area contributed by atoms with Crippen LogP contribution in [0.15, 0.2) is 30.3 Å². The predicted molar refractivity (Wildman–Crippen MR) is 58.7 cm³/mol. The van der Waals surface area contributed by atoms with E-state index in [1.165, 1.54) is 5.56 Å². The van der Waals surface area contributed by atoms with Gasteiger partial charge in [0.05, 0.1) is 0 Å². The minimum atomic E-state index is 0.692. The highest BCUT2D eigenvalue weighted by Gasteiger charge is 2.25. The maximum atomic E-state index is 4.03. The molecule has 1 aliphatic heterocycles. The molecule has 1 unspecified atom stereocenters. The number of hydrogen-bond acceptors (Lipinski definition) is 1. The topological polar surface area (TPSA) is 12.0 Å². The molecule has 1 aromatic rings. The van der Waals surface area contributed by atoms with E-state index in [0.29, 0.717) is 5.92 Å². The van der Waals surface area contributed by atoms with Crippen LogP contribution in [0.4, 0.5) is 0 Å². The van der Waals surface area contributed by atoms with Gasteiger partial charge in [-0.2, -0.15) is 0 Å². The summed E-state index contributed by atoms with van der Waals surface area (Å²) in [5.41, 5.74) is 2.22. The molecule has 1 aromatic carbocycles. The van der Waals surface area contributed by atoms with E-state index in [4.69, 9.17) is 0 Å². The Hall–Kier alpha value is -0.733. The van der Waals surface area contributed by atoms with Gasteiger partial charge < -0.3 is 5.32 Å². The smallest absolute Gasteiger partial charge is 0.0166 e. The first-order chi connectivity index (χ1) is 6.42. The zero-order valence-corrected chi connectivity index (χ0v) is 8.66. The summed E-state index contributed by atoms with van der Waals surface area (Å²) >= 11 is 0. The second kappa shape index (κ2) is 3.98. The Balaban J connectivity index is 2.21. The van der Waals surface area contributed by atoms with Gasteiger partial charge in [0.25, 0.3) is 0 Å². The number of rotatable bonds is 2. The molecule has 1 aliphatic rings. The molecule has 1 radical (unpaired) electrons. The van der Waals surface area contributed by atoms with Gasteiger partial charge in [0, 0.05) is 21.6 Å². The largest absolute Gasteiger partial charge is 0.316 e. The quantitative estimate of drug-likeness (QED) is 0.690. The number of nitrogens with one attached hydrogen (secondary N) is 1. The lowest BCUT2D eigenvalue weighted by Gasteiger charge is -2.14. The molecule has 1 saturated heterocycles. The molecule has 0 bridgehead atoms. The third-order valence-electron chi connectivity index (χ3n) is 2.70. The molecule has 2 atom stereocenters. The summed E-state index contributed by atoms with van der Waals surface area (Å²) in [4.78, 5) is 0. The van der Waals surface area contributed by atoms with Crippen molar-refractivity contribution in [3.8, 4) is 0 Å². The van der Waals surface area contributed by atoms with Gasteiger partial charge in [-0.1, -0.05) is 30.3 Å². The summed E-state index contributed by atoms with van der Waals surface area (Å²) in [7, 11) is 0.805. The van der Waals surface area contributed by atoms with Crippen LogP contribution < -0.4 is 5.32 Å². The fraction of sp³-hybridized carbons (Fsp3) is 0.364. The van der Waals surface area contributed by atoms with Gasteiger partial charge in [0.15, 0.2) is 0 Å². The molecular weight excluding hydrogens is 174 g/mol. The molecule has 2 rings (SSSR count). The second-order valence-corrected chi connectivity index (χ2v) is 4.64. The van der Waals surface area contributed by atoms with Gasteiger partial charge >= 0.3 is 0 Å². The summed E-state index contributed by atoms with van der Waals surface area (Å²) in [6.45, 7) is 2.26. The highest BCUT2D eigenvalue weighted by molar-refractivity contribution is 6.43. The zero-order valence-electron chi connectivity index (χ0n) is 7.66. The Morgan fingerprint density at radius 3 is 2.69 bits per heavy atom. The van der Waals surface area contributed by atoms with Crippen molar-refractivity contribution in [1.29, 1.82) is 0 Å². The van der Waals surface area contributed by atoms with Crippen LogP contribution in [-0.4, -0.2) is 28.4 Å². The Bertz CT molecular complexity index is 283. The number of benzene rings is 1. The number of hydrogen-bond donors (Lipinski definition) is 1. The van der Waals surface area contributed by atoms with E-state index < -0.39 is 0 Å². The summed E-state index contributed by atoms with van der Waals surface area (Å²) in [5, 5.41) is 3.44. The van der Waals surface area contributed by atoms with Crippen LogP contribution in [0.5, 0.6) is 0 Å². The molecule has 0 spiro atoms. The summed E-state index contributed by atoms with van der Waals surface area (Å²) in [5.74, 6) is 0.692. The van der Waals surface area contributed by atoms with E-state index in [1.54, 1.807) is 0 Å². The summed E-state index contributed by atoms with van der Waals surface area (Å²) in [6, 6.07) is 10.8. The lowest BCUT2D eigenvalue weighted by Crippen LogP contribution is -2.07. The van der Waals surface area contributed by atoms with Crippen LogP contribution in [0, 0.1) is 0 Å². The minimum Gasteiger partial charge on any atom is -0.316 e. The molecule has 2 heteroatoms. The van der Waals surface area contributed by atoms with E-state index in [9.17, 15) is 0 Å². The van der Waals surface area contributed by atoms with Crippen molar-refractivity contribution in [2.24, 2.45) is 0 Å². The average molecular weight is 188 g/mol. The summed E-state index contributed by atoms with van der Waals surface area (Å²) in [6.07, 6.45) is 4.03. The first-order valence-corrected chi connectivity index (χ1v) is 5.98. The Morgan fingerprint density at radius 1 is 1.23 bits per heavy atom. The molecule has 1 nitrogen and oxygen atoms in total. The minimum absolute atomic E-state index is 0.692. The van der Waals surface area contributed by atoms with Crippen molar-refractivity contribution in [3.63, 3.8) is 0 Å². The van der Waals surface area contributed by atoms with Gasteiger partial charge in [-0.15, -0.1) is 6.17 Å². The lowest BCUT2D eigenvalue weighted by molar-refractivity contribution is 0.761. The van der Waals surface area contributed by atoms with Crippen molar-refractivity contribution in [2.45, 2.75) is 11.5 Å². The van der Waals surface area contributed by atoms with Crippen molar-refractivity contribution in [3.05, 3.63) is 35.9 Å². The van der Waals surface area contributed by atoms with E-state index in [1.807, 2.05) is 0 Å². The SMILES string of the molecule is C=[Si]C1CNC[C@H]1c1ccccc1. The summed E-state index contributed by atoms with van der Waals surface area (Å²) < 4.78 is 0. The average Bonchev–Trinajstić information content (AvgIpc) is 2.67. The zero-order chi connectivity index (χ0) is 9.10. The highest BCUT2D eigenvalue weighted by Crippen LogP contribution is 2.30. The fourth-order valence-electron chi connectivity index (χ4n) is 1.94. The second-order valence-electron chi connectivity index (χ2n) is 3.49. The standard InChI is InChI=1S/C11H14NSi/c1-13-11-8-12-7-10(11)9-5-3-2-4-6-9/h2-6,10-12H,1,7-8H2/t10-,11?/m0/s1. The fourth-order valence-corrected chi connectivity index (χ4v) is 2.83. The molecule has 67 valence electrons. The molecule has 0 aromatic heterocycles. The molecular formula is C11H14NSi. The van der Waals surface area contributed by atoms with E-state index in [0.717, 1.165) is 27.8 Å². The first kappa shape index (κ1) is 8.85. The van der Waals surface area contributed by atoms with Crippen LogP contribution in [0.1, 0.15) is 11.5 Å². The molecule has 1 fully saturated rings. The van der Waals surface area contributed by atoms with Crippen molar-refractivity contribution >= 4 is 15.3 Å². The predicted octanol–water partition coefficient (Wildman–Crippen LogP) is 1.30. The van der Waals surface area contributed by atoms with Gasteiger partial charge in [-0.05, 0) is 17.6 Å². The monoisotopic (exact) mass is 188 g/mol. The van der Waals surface area contributed by atoms with Crippen molar-refractivity contribution < 1.29 is 0 Å². The third-order valence-corrected chi connectivity index (χ3v) is 3.83.